The first-order valence-corrected chi connectivity index (χ1v) is 24.3. The van der Waals surface area contributed by atoms with Crippen LogP contribution in [0.3, 0.4) is 0 Å². The third-order valence-corrected chi connectivity index (χ3v) is 12.0. The van der Waals surface area contributed by atoms with Crippen molar-refractivity contribution >= 4 is 65.0 Å². The molecule has 1 saturated heterocycles. The number of carboxylic acids is 1. The number of nitrogens with zero attached hydrogens (tertiary/aromatic N) is 1. The van der Waals surface area contributed by atoms with Gasteiger partial charge in [0.25, 0.3) is 0 Å². The van der Waals surface area contributed by atoms with Crippen molar-refractivity contribution in [2.45, 2.75) is 186 Å². The van der Waals surface area contributed by atoms with Gasteiger partial charge in [-0.1, -0.05) is 34.1 Å². The Morgan fingerprint density at radius 2 is 1.10 bits per heavy atom. The summed E-state index contributed by atoms with van der Waals surface area (Å²) in [6, 6.07) is -10.7. The van der Waals surface area contributed by atoms with E-state index < -0.39 is 132 Å². The highest BCUT2D eigenvalue weighted by atomic mass is 16.4. The van der Waals surface area contributed by atoms with Gasteiger partial charge in [-0.3, -0.25) is 52.7 Å². The van der Waals surface area contributed by atoms with E-state index in [1.807, 2.05) is 13.8 Å². The van der Waals surface area contributed by atoms with Crippen molar-refractivity contribution in [2.75, 3.05) is 19.6 Å². The number of hydrogen-bond donors (Lipinski definition) is 13. The summed E-state index contributed by atoms with van der Waals surface area (Å²) in [5, 5.41) is 27.1. The first-order valence-electron chi connectivity index (χ1n) is 24.3. The van der Waals surface area contributed by atoms with E-state index in [0.29, 0.717) is 51.5 Å². The largest absolute Gasteiger partial charge is 0.481 e. The maximum Gasteiger partial charge on any atom is 0.303 e. The van der Waals surface area contributed by atoms with Crippen LogP contribution in [0.1, 0.15) is 131 Å². The topological polar surface area (TPSA) is 426 Å². The van der Waals surface area contributed by atoms with Gasteiger partial charge >= 0.3 is 5.97 Å². The number of carbonyl (C=O) groups is 11. The monoisotopic (exact) mass is 996 g/mol. The maximum absolute atomic E-state index is 13.9. The summed E-state index contributed by atoms with van der Waals surface area (Å²) in [5.41, 5.74) is 28.1. The van der Waals surface area contributed by atoms with Crippen molar-refractivity contribution < 1.29 is 57.8 Å². The first kappa shape index (κ1) is 62.1. The van der Waals surface area contributed by atoms with Gasteiger partial charge in [0.05, 0.1) is 6.04 Å². The van der Waals surface area contributed by atoms with E-state index >= 15 is 0 Å². The van der Waals surface area contributed by atoms with E-state index in [0.717, 1.165) is 0 Å². The van der Waals surface area contributed by atoms with Gasteiger partial charge in [-0.2, -0.15) is 0 Å². The van der Waals surface area contributed by atoms with Crippen LogP contribution in [0.15, 0.2) is 0 Å². The van der Waals surface area contributed by atoms with Crippen molar-refractivity contribution in [3.05, 3.63) is 0 Å². The summed E-state index contributed by atoms with van der Waals surface area (Å²) in [6.45, 7) is 10.8. The molecule has 1 rings (SSSR count). The van der Waals surface area contributed by atoms with Crippen LogP contribution in [0.25, 0.3) is 0 Å². The van der Waals surface area contributed by atoms with Gasteiger partial charge in [-0.25, -0.2) is 0 Å². The molecule has 0 aliphatic carbocycles. The lowest BCUT2D eigenvalue weighted by atomic mass is 9.96. The van der Waals surface area contributed by atoms with Crippen molar-refractivity contribution in [1.29, 1.82) is 0 Å². The molecule has 398 valence electrons. The molecule has 10 atom stereocenters. The van der Waals surface area contributed by atoms with E-state index in [1.54, 1.807) is 13.8 Å². The molecule has 25 heteroatoms. The van der Waals surface area contributed by atoms with Crippen LogP contribution < -0.4 is 65.9 Å². The molecule has 70 heavy (non-hydrogen) atoms. The minimum absolute atomic E-state index is 0.0480. The summed E-state index contributed by atoms with van der Waals surface area (Å²) >= 11 is 0. The summed E-state index contributed by atoms with van der Waals surface area (Å²) in [5.74, 6) is -9.26. The average Bonchev–Trinajstić information content (AvgIpc) is 3.79. The molecule has 1 fully saturated rings. The van der Waals surface area contributed by atoms with E-state index in [9.17, 15) is 52.7 Å². The molecule has 1 heterocycles. The number of carbonyl (C=O) groups excluding carboxylic acids is 10. The molecule has 0 unspecified atom stereocenters. The Morgan fingerprint density at radius 3 is 1.63 bits per heavy atom. The van der Waals surface area contributed by atoms with E-state index in [4.69, 9.17) is 33.8 Å². The van der Waals surface area contributed by atoms with Crippen molar-refractivity contribution in [2.24, 2.45) is 40.5 Å². The molecule has 0 aromatic carbocycles. The lowest BCUT2D eigenvalue weighted by Crippen LogP contribution is -2.60. The zero-order chi connectivity index (χ0) is 53.2. The fraction of sp³-hybridized carbons (Fsp3) is 0.756. The van der Waals surface area contributed by atoms with Crippen molar-refractivity contribution in [3.63, 3.8) is 0 Å². The summed E-state index contributed by atoms with van der Waals surface area (Å²) in [7, 11) is 0. The summed E-state index contributed by atoms with van der Waals surface area (Å²) in [6.07, 6.45) is 1.92. The quantitative estimate of drug-likeness (QED) is 0.0281. The van der Waals surface area contributed by atoms with Crippen LogP contribution in [0, 0.1) is 11.8 Å². The minimum Gasteiger partial charge on any atom is -0.481 e. The third kappa shape index (κ3) is 22.2. The van der Waals surface area contributed by atoms with E-state index in [-0.39, 0.29) is 57.5 Å². The normalized spacial score (nSPS) is 17.2. The lowest BCUT2D eigenvalue weighted by Gasteiger charge is -2.30. The molecule has 0 bridgehead atoms. The molecule has 1 aliphatic heterocycles. The smallest absolute Gasteiger partial charge is 0.303 e. The molecule has 18 N–H and O–H groups in total. The molecule has 1 aliphatic rings. The second-order valence-corrected chi connectivity index (χ2v) is 18.4. The summed E-state index contributed by atoms with van der Waals surface area (Å²) in [4.78, 5) is 145. The molecule has 0 aromatic rings. The van der Waals surface area contributed by atoms with Crippen LogP contribution in [0.2, 0.25) is 0 Å². The second kappa shape index (κ2) is 32.0. The fourth-order valence-electron chi connectivity index (χ4n) is 7.61. The Kier molecular flexibility index (Phi) is 28.4. The van der Waals surface area contributed by atoms with Gasteiger partial charge in [-0.15, -0.1) is 0 Å². The average molecular weight is 996 g/mol. The Bertz CT molecular complexity index is 1800. The Balaban J connectivity index is 3.26. The molecule has 25 nitrogen and oxygen atoms in total. The Labute approximate surface area is 410 Å². The highest BCUT2D eigenvalue weighted by molar-refractivity contribution is 5.98. The van der Waals surface area contributed by atoms with Gasteiger partial charge in [0.15, 0.2) is 0 Å². The lowest BCUT2D eigenvalue weighted by molar-refractivity contribution is -0.142. The highest BCUT2D eigenvalue weighted by Crippen LogP contribution is 2.20. The number of nitrogens with one attached hydrogen (secondary N) is 7. The molecular weight excluding hydrogens is 915 g/mol. The number of rotatable bonds is 34. The van der Waals surface area contributed by atoms with Crippen LogP contribution >= 0.6 is 0 Å². The Hall–Kier alpha value is -5.95. The number of hydrogen-bond acceptors (Lipinski definition) is 14. The molecule has 0 spiro atoms. The molecule has 0 saturated carbocycles. The SMILES string of the molecule is CC[C@H](C)[C@H](NC(=O)[C@H](CCC(N)=O)NC(=O)[C@H](C)NC(=O)[C@H](CCCCN)NC(=O)[C@@H]1CCCN1C(=O)[C@H](C)NC(=O)[C@@H](N)CC(C)C)C(=O)N[C@@H](CCCCN)C(=O)N[C@@H](CCC(=O)O)C(N)=O. The third-order valence-electron chi connectivity index (χ3n) is 12.0. The number of nitrogens with two attached hydrogens (primary N) is 5. The molecule has 0 aromatic heterocycles. The number of aliphatic carboxylic acids is 1. The zero-order valence-electron chi connectivity index (χ0n) is 41.6. The van der Waals surface area contributed by atoms with Crippen LogP contribution in [-0.2, 0) is 52.7 Å². The van der Waals surface area contributed by atoms with Gasteiger partial charge in [0, 0.05) is 19.4 Å². The highest BCUT2D eigenvalue weighted by Gasteiger charge is 2.39. The van der Waals surface area contributed by atoms with Gasteiger partial charge in [0.2, 0.25) is 59.1 Å². The summed E-state index contributed by atoms with van der Waals surface area (Å²) < 4.78 is 0. The Morgan fingerprint density at radius 1 is 0.600 bits per heavy atom. The van der Waals surface area contributed by atoms with Crippen molar-refractivity contribution in [1.82, 2.24) is 42.1 Å². The molecule has 10 amide bonds. The number of unbranched alkanes of at least 4 members (excludes halogenated alkanes) is 2. The first-order chi connectivity index (χ1) is 32.9. The van der Waals surface area contributed by atoms with Gasteiger partial charge < -0.3 is 75.9 Å². The zero-order valence-corrected chi connectivity index (χ0v) is 41.6. The predicted octanol–water partition coefficient (Wildman–Crippen LogP) is -3.30. The van der Waals surface area contributed by atoms with Crippen molar-refractivity contribution in [3.8, 4) is 0 Å². The van der Waals surface area contributed by atoms with Gasteiger partial charge in [-0.05, 0) is 109 Å². The minimum atomic E-state index is -1.48. The van der Waals surface area contributed by atoms with E-state index in [2.05, 4.69) is 37.2 Å². The van der Waals surface area contributed by atoms with Gasteiger partial charge in [0.1, 0.15) is 48.3 Å². The molecule has 0 radical (unpaired) electrons. The molecular formula is C45H81N13O12. The fourth-order valence-corrected chi connectivity index (χ4v) is 7.61. The maximum atomic E-state index is 13.9. The number of carboxylic acid groups (broad SMARTS) is 1. The number of likely N-dealkylation sites (tertiary alicyclic amines) is 1. The van der Waals surface area contributed by atoms with Crippen LogP contribution in [0.5, 0.6) is 0 Å². The van der Waals surface area contributed by atoms with E-state index in [1.165, 1.54) is 18.7 Å². The number of amides is 10. The second-order valence-electron chi connectivity index (χ2n) is 18.4. The number of primary amides is 2. The van der Waals surface area contributed by atoms with Crippen LogP contribution in [0.4, 0.5) is 0 Å². The van der Waals surface area contributed by atoms with Crippen LogP contribution in [-0.4, -0.2) is 149 Å². The predicted molar refractivity (Wildman–Crippen MR) is 257 cm³/mol. The standard InChI is InChI=1S/C45H81N13O12/c1-7-25(4)36(44(69)56-31(14-9-11-21-47)41(66)53-29(37(50)62)17-19-35(60)61)57-42(67)32(16-18-34(49)59)54-38(63)26(5)51-40(65)30(13-8-10-20-46)55-43(68)33-15-12-22-58(33)45(70)27(6)52-39(64)28(48)23-24(2)3/h24-33,36H,7-23,46-48H2,1-6H3,(H2,49,59)(H2,50,62)(H,51,65)(H,52,64)(H,53,66)(H,54,63)(H,55,68)(H,56,69)(H,57,67)(H,60,61)/t25-,26-,27-,28-,29-,30-,31-,32-,33-,36-/m0/s1.